The average Bonchev–Trinajstić information content (AvgIpc) is 3.05. The molecule has 0 amide bonds. The van der Waals surface area contributed by atoms with Crippen LogP contribution in [0.15, 0.2) is 66.3 Å². The lowest BCUT2D eigenvalue weighted by molar-refractivity contribution is 0.0994. The number of nitrogens with zero attached hydrogens (tertiary/aromatic N) is 3. The molecular weight excluding hydrogens is 378 g/mol. The molecule has 0 N–H and O–H groups in total. The van der Waals surface area contributed by atoms with E-state index in [2.05, 4.69) is 16.8 Å². The van der Waals surface area contributed by atoms with Crippen LogP contribution in [0.25, 0.3) is 11.4 Å². The van der Waals surface area contributed by atoms with Gasteiger partial charge in [0.1, 0.15) is 0 Å². The summed E-state index contributed by atoms with van der Waals surface area (Å²) >= 11 is 7.38. The molecule has 0 aliphatic rings. The summed E-state index contributed by atoms with van der Waals surface area (Å²) in [5.74, 6) is 0.797. The van der Waals surface area contributed by atoms with Gasteiger partial charge in [-0.15, -0.1) is 16.8 Å². The zero-order chi connectivity index (χ0) is 19.4. The molecule has 27 heavy (non-hydrogen) atoms. The van der Waals surface area contributed by atoms with Crippen molar-refractivity contribution in [1.29, 1.82) is 0 Å². The first-order valence-corrected chi connectivity index (χ1v) is 9.83. The van der Waals surface area contributed by atoms with Gasteiger partial charge in [0.25, 0.3) is 0 Å². The minimum Gasteiger partial charge on any atom is -0.298 e. The minimum absolute atomic E-state index is 0.0706. The molecule has 1 atom stereocenters. The smallest absolute Gasteiger partial charge is 0.192 e. The van der Waals surface area contributed by atoms with Crippen molar-refractivity contribution in [3.05, 3.63) is 77.3 Å². The van der Waals surface area contributed by atoms with Crippen LogP contribution in [0.2, 0.25) is 5.02 Å². The van der Waals surface area contributed by atoms with E-state index in [-0.39, 0.29) is 11.0 Å². The first kappa shape index (κ1) is 19.4. The van der Waals surface area contributed by atoms with Gasteiger partial charge in [-0.2, -0.15) is 0 Å². The normalized spacial score (nSPS) is 12.0. The third kappa shape index (κ3) is 4.49. The molecule has 0 saturated carbocycles. The Kier molecular flexibility index (Phi) is 6.14. The lowest BCUT2D eigenvalue weighted by Crippen LogP contribution is -2.14. The standard InChI is InChI=1S/C21H20ClN3OS/c1-4-13-25-20(17-9-11-18(22)12-10-17)23-24-21(25)27-15(3)19(26)16-7-5-14(2)6-8-16/h4-12,15H,1,13H2,2-3H3/t15-/m1/s1. The number of rotatable bonds is 7. The van der Waals surface area contributed by atoms with Crippen molar-refractivity contribution in [2.45, 2.75) is 30.8 Å². The van der Waals surface area contributed by atoms with Crippen molar-refractivity contribution in [2.75, 3.05) is 0 Å². The summed E-state index contributed by atoms with van der Waals surface area (Å²) in [6.45, 7) is 8.27. The molecule has 0 aliphatic carbocycles. The van der Waals surface area contributed by atoms with Gasteiger partial charge in [-0.3, -0.25) is 9.36 Å². The number of aryl methyl sites for hydroxylation is 1. The number of carbonyl (C=O) groups excluding carboxylic acids is 1. The second kappa shape index (κ2) is 8.55. The van der Waals surface area contributed by atoms with Crippen LogP contribution in [0, 0.1) is 6.92 Å². The topological polar surface area (TPSA) is 47.8 Å². The lowest BCUT2D eigenvalue weighted by Gasteiger charge is -2.12. The summed E-state index contributed by atoms with van der Waals surface area (Å²) in [5.41, 5.74) is 2.75. The quantitative estimate of drug-likeness (QED) is 0.302. The molecule has 1 aromatic heterocycles. The molecular formula is C21H20ClN3OS. The van der Waals surface area contributed by atoms with Gasteiger partial charge in [-0.25, -0.2) is 0 Å². The summed E-state index contributed by atoms with van der Waals surface area (Å²) in [6, 6.07) is 15.1. The van der Waals surface area contributed by atoms with Crippen molar-refractivity contribution < 1.29 is 4.79 Å². The van der Waals surface area contributed by atoms with Crippen molar-refractivity contribution in [3.8, 4) is 11.4 Å². The average molecular weight is 398 g/mol. The molecule has 3 aromatic rings. The van der Waals surface area contributed by atoms with Crippen LogP contribution >= 0.6 is 23.4 Å². The highest BCUT2D eigenvalue weighted by atomic mass is 35.5. The number of hydrogen-bond acceptors (Lipinski definition) is 4. The van der Waals surface area contributed by atoms with Gasteiger partial charge < -0.3 is 0 Å². The van der Waals surface area contributed by atoms with Gasteiger partial charge >= 0.3 is 0 Å². The highest BCUT2D eigenvalue weighted by Crippen LogP contribution is 2.29. The molecule has 4 nitrogen and oxygen atoms in total. The minimum atomic E-state index is -0.279. The van der Waals surface area contributed by atoms with Crippen LogP contribution < -0.4 is 0 Å². The van der Waals surface area contributed by atoms with E-state index in [1.807, 2.05) is 66.9 Å². The molecule has 6 heteroatoms. The van der Waals surface area contributed by atoms with E-state index in [0.29, 0.717) is 22.3 Å². The number of Topliss-reactive ketones (excluding diaryl/α,β-unsaturated/α-hetero) is 1. The Morgan fingerprint density at radius 2 is 1.85 bits per heavy atom. The SMILES string of the molecule is C=CCn1c(S[C@H](C)C(=O)c2ccc(C)cc2)nnc1-c1ccc(Cl)cc1. The third-order valence-electron chi connectivity index (χ3n) is 4.12. The molecule has 0 saturated heterocycles. The van der Waals surface area contributed by atoms with E-state index < -0.39 is 0 Å². The van der Waals surface area contributed by atoms with Gasteiger partial charge in [-0.05, 0) is 38.1 Å². The van der Waals surface area contributed by atoms with E-state index in [1.165, 1.54) is 11.8 Å². The number of benzene rings is 2. The Morgan fingerprint density at radius 3 is 2.48 bits per heavy atom. The van der Waals surface area contributed by atoms with Crippen molar-refractivity contribution >= 4 is 29.1 Å². The van der Waals surface area contributed by atoms with Crippen LogP contribution in [0.1, 0.15) is 22.8 Å². The lowest BCUT2D eigenvalue weighted by atomic mass is 10.1. The summed E-state index contributed by atoms with van der Waals surface area (Å²) in [5, 5.41) is 9.70. The Morgan fingerprint density at radius 1 is 1.19 bits per heavy atom. The molecule has 0 spiro atoms. The summed E-state index contributed by atoms with van der Waals surface area (Å²) in [6.07, 6.45) is 1.79. The van der Waals surface area contributed by atoms with Crippen molar-refractivity contribution in [3.63, 3.8) is 0 Å². The number of halogens is 1. The van der Waals surface area contributed by atoms with Gasteiger partial charge in [0, 0.05) is 22.7 Å². The molecule has 0 fully saturated rings. The molecule has 2 aromatic carbocycles. The number of allylic oxidation sites excluding steroid dienone is 1. The summed E-state index contributed by atoms with van der Waals surface area (Å²) in [4.78, 5) is 12.7. The maximum absolute atomic E-state index is 12.7. The zero-order valence-electron chi connectivity index (χ0n) is 15.2. The fraction of sp³-hybridized carbons (Fsp3) is 0.190. The zero-order valence-corrected chi connectivity index (χ0v) is 16.8. The van der Waals surface area contributed by atoms with E-state index in [4.69, 9.17) is 11.6 Å². The molecule has 0 bridgehead atoms. The highest BCUT2D eigenvalue weighted by Gasteiger charge is 2.21. The Hall–Kier alpha value is -2.37. The maximum Gasteiger partial charge on any atom is 0.192 e. The first-order valence-electron chi connectivity index (χ1n) is 8.57. The fourth-order valence-corrected chi connectivity index (χ4v) is 3.71. The number of hydrogen-bond donors (Lipinski definition) is 0. The Balaban J connectivity index is 1.85. The highest BCUT2D eigenvalue weighted by molar-refractivity contribution is 8.00. The predicted octanol–water partition coefficient (Wildman–Crippen LogP) is 5.46. The second-order valence-electron chi connectivity index (χ2n) is 6.20. The van der Waals surface area contributed by atoms with Gasteiger partial charge in [0.05, 0.1) is 5.25 Å². The summed E-state index contributed by atoms with van der Waals surface area (Å²) in [7, 11) is 0. The maximum atomic E-state index is 12.7. The van der Waals surface area contributed by atoms with Gasteiger partial charge in [-0.1, -0.05) is 59.3 Å². The Bertz CT molecular complexity index is 949. The van der Waals surface area contributed by atoms with Crippen LogP contribution in [0.5, 0.6) is 0 Å². The van der Waals surface area contributed by atoms with Crippen molar-refractivity contribution in [2.24, 2.45) is 0 Å². The molecule has 3 rings (SSSR count). The van der Waals surface area contributed by atoms with Crippen LogP contribution in [0.3, 0.4) is 0 Å². The van der Waals surface area contributed by atoms with E-state index in [1.54, 1.807) is 6.08 Å². The Labute approximate surface area is 168 Å². The molecule has 138 valence electrons. The molecule has 0 aliphatic heterocycles. The fourth-order valence-electron chi connectivity index (χ4n) is 2.65. The van der Waals surface area contributed by atoms with Crippen LogP contribution in [-0.2, 0) is 6.54 Å². The van der Waals surface area contributed by atoms with E-state index in [0.717, 1.165) is 17.0 Å². The number of carbonyl (C=O) groups is 1. The largest absolute Gasteiger partial charge is 0.298 e. The first-order chi connectivity index (χ1) is 13.0. The predicted molar refractivity (Wildman–Crippen MR) is 111 cm³/mol. The molecule has 0 unspecified atom stereocenters. The van der Waals surface area contributed by atoms with E-state index >= 15 is 0 Å². The van der Waals surface area contributed by atoms with Crippen LogP contribution in [-0.4, -0.2) is 25.8 Å². The second-order valence-corrected chi connectivity index (χ2v) is 7.95. The van der Waals surface area contributed by atoms with Gasteiger partial charge in [0.15, 0.2) is 16.8 Å². The van der Waals surface area contributed by atoms with Crippen LogP contribution in [0.4, 0.5) is 0 Å². The number of ketones is 1. The van der Waals surface area contributed by atoms with Crippen molar-refractivity contribution in [1.82, 2.24) is 14.8 Å². The number of thioether (sulfide) groups is 1. The van der Waals surface area contributed by atoms with E-state index in [9.17, 15) is 4.79 Å². The summed E-state index contributed by atoms with van der Waals surface area (Å²) < 4.78 is 1.96. The number of aromatic nitrogens is 3. The monoisotopic (exact) mass is 397 g/mol. The third-order valence-corrected chi connectivity index (χ3v) is 5.45. The molecule has 0 radical (unpaired) electrons. The van der Waals surface area contributed by atoms with Gasteiger partial charge in [0.2, 0.25) is 0 Å². The molecule has 1 heterocycles.